The topological polar surface area (TPSA) is 95.9 Å². The normalized spacial score (nSPS) is 20.6. The van der Waals surface area contributed by atoms with Gasteiger partial charge in [-0.25, -0.2) is 24.9 Å². The number of pyridine rings is 1. The third kappa shape index (κ3) is 4.23. The number of nitrogens with zero attached hydrogens (tertiary/aromatic N) is 7. The number of anilines is 3. The lowest BCUT2D eigenvalue weighted by Crippen LogP contribution is -2.32. The van der Waals surface area contributed by atoms with Gasteiger partial charge in [0.15, 0.2) is 0 Å². The first-order chi connectivity index (χ1) is 16.2. The molecule has 1 saturated carbocycles. The van der Waals surface area contributed by atoms with Crippen LogP contribution in [0, 0.1) is 6.92 Å². The monoisotopic (exact) mass is 441 g/mol. The number of hydrogen-bond donors (Lipinski definition) is 2. The Morgan fingerprint density at radius 2 is 1.76 bits per heavy atom. The maximum absolute atomic E-state index is 4.89. The van der Waals surface area contributed by atoms with Gasteiger partial charge in [0.05, 0.1) is 35.7 Å². The molecule has 9 heteroatoms. The molecule has 4 aromatic rings. The van der Waals surface area contributed by atoms with Gasteiger partial charge < -0.3 is 10.6 Å². The van der Waals surface area contributed by atoms with E-state index in [1.165, 1.54) is 45.1 Å². The first kappa shape index (κ1) is 20.0. The molecule has 0 amide bonds. The van der Waals surface area contributed by atoms with E-state index in [1.807, 2.05) is 37.6 Å². The summed E-state index contributed by atoms with van der Waals surface area (Å²) in [7, 11) is 0. The smallest absolute Gasteiger partial charge is 0.223 e. The van der Waals surface area contributed by atoms with Gasteiger partial charge in [-0.1, -0.05) is 0 Å². The highest BCUT2D eigenvalue weighted by molar-refractivity contribution is 5.68. The van der Waals surface area contributed by atoms with Crippen LogP contribution < -0.4 is 10.6 Å². The largest absolute Gasteiger partial charge is 0.353 e. The Kier molecular flexibility index (Phi) is 5.10. The number of nitrogens with one attached hydrogen (secondary N) is 2. The van der Waals surface area contributed by atoms with Crippen molar-refractivity contribution in [3.05, 3.63) is 55.0 Å². The zero-order valence-corrected chi connectivity index (χ0v) is 18.6. The zero-order chi connectivity index (χ0) is 22.2. The highest BCUT2D eigenvalue weighted by Gasteiger charge is 2.31. The Balaban J connectivity index is 1.21. The lowest BCUT2D eigenvalue weighted by molar-refractivity contribution is 0.286. The van der Waals surface area contributed by atoms with Crippen LogP contribution in [-0.2, 0) is 0 Å². The van der Waals surface area contributed by atoms with E-state index in [0.717, 1.165) is 40.0 Å². The molecule has 1 saturated heterocycles. The molecule has 6 rings (SSSR count). The zero-order valence-electron chi connectivity index (χ0n) is 18.6. The van der Waals surface area contributed by atoms with Crippen LogP contribution in [0.4, 0.5) is 17.3 Å². The molecule has 33 heavy (non-hydrogen) atoms. The number of hydrogen-bond acceptors (Lipinski definition) is 8. The Hall–Kier alpha value is -3.59. The van der Waals surface area contributed by atoms with Crippen molar-refractivity contribution >= 4 is 23.0 Å². The fraction of sp³-hybridized carbons (Fsp3) is 0.375. The SMILES string of the molecule is Cc1cnc(N[C@H]2CC[C@H](N3CC3)CC2)nc1-c1cnc2cc(Nc3cncnc3)ccn12. The summed E-state index contributed by atoms with van der Waals surface area (Å²) >= 11 is 0. The van der Waals surface area contributed by atoms with Crippen LogP contribution in [0.3, 0.4) is 0 Å². The standard InChI is InChI=1S/C24H27N9/c1-16-11-28-24(30-17-2-4-20(5-3-17)32-8-9-32)31-23(16)21-14-27-22-10-18(6-7-33(21)22)29-19-12-25-15-26-13-19/h6-7,10-15,17,20,29H,2-5,8-9H2,1H3,(H,28,30,31)/t17-,20-. The Morgan fingerprint density at radius 1 is 0.939 bits per heavy atom. The molecule has 2 N–H and O–H groups in total. The predicted octanol–water partition coefficient (Wildman–Crippen LogP) is 3.67. The van der Waals surface area contributed by atoms with E-state index in [2.05, 4.69) is 39.9 Å². The molecule has 0 radical (unpaired) electrons. The van der Waals surface area contributed by atoms with Crippen LogP contribution in [0.5, 0.6) is 0 Å². The van der Waals surface area contributed by atoms with Gasteiger partial charge in [-0.3, -0.25) is 9.30 Å². The van der Waals surface area contributed by atoms with E-state index in [0.29, 0.717) is 12.0 Å². The Bertz CT molecular complexity index is 1260. The second-order valence-electron chi connectivity index (χ2n) is 8.95. The minimum absolute atomic E-state index is 0.439. The molecule has 0 atom stereocenters. The summed E-state index contributed by atoms with van der Waals surface area (Å²) in [6.45, 7) is 4.61. The van der Waals surface area contributed by atoms with Gasteiger partial charge in [-0.15, -0.1) is 0 Å². The van der Waals surface area contributed by atoms with Crippen LogP contribution in [0.1, 0.15) is 31.2 Å². The molecular weight excluding hydrogens is 414 g/mol. The lowest BCUT2D eigenvalue weighted by atomic mass is 9.91. The molecule has 168 valence electrons. The molecule has 2 fully saturated rings. The second-order valence-corrected chi connectivity index (χ2v) is 8.95. The van der Waals surface area contributed by atoms with E-state index in [9.17, 15) is 0 Å². The quantitative estimate of drug-likeness (QED) is 0.438. The molecule has 1 aliphatic heterocycles. The van der Waals surface area contributed by atoms with Crippen LogP contribution in [0.2, 0.25) is 0 Å². The maximum Gasteiger partial charge on any atom is 0.223 e. The minimum Gasteiger partial charge on any atom is -0.353 e. The van der Waals surface area contributed by atoms with Crippen LogP contribution in [0.15, 0.2) is 49.4 Å². The van der Waals surface area contributed by atoms with E-state index < -0.39 is 0 Å². The van der Waals surface area contributed by atoms with Gasteiger partial charge in [-0.2, -0.15) is 0 Å². The van der Waals surface area contributed by atoms with Gasteiger partial charge in [0.2, 0.25) is 5.95 Å². The molecule has 0 spiro atoms. The molecule has 0 aromatic carbocycles. The fourth-order valence-corrected chi connectivity index (χ4v) is 4.73. The third-order valence-corrected chi connectivity index (χ3v) is 6.60. The fourth-order valence-electron chi connectivity index (χ4n) is 4.73. The van der Waals surface area contributed by atoms with Crippen molar-refractivity contribution in [2.24, 2.45) is 0 Å². The summed E-state index contributed by atoms with van der Waals surface area (Å²) in [4.78, 5) is 24.7. The molecule has 1 aliphatic carbocycles. The molecule has 2 aliphatic rings. The van der Waals surface area contributed by atoms with Crippen molar-refractivity contribution in [3.8, 4) is 11.4 Å². The van der Waals surface area contributed by atoms with Crippen molar-refractivity contribution in [1.82, 2.24) is 34.2 Å². The summed E-state index contributed by atoms with van der Waals surface area (Å²) < 4.78 is 2.06. The van der Waals surface area contributed by atoms with Crippen molar-refractivity contribution in [1.29, 1.82) is 0 Å². The van der Waals surface area contributed by atoms with Crippen molar-refractivity contribution in [2.45, 2.75) is 44.7 Å². The molecule has 0 unspecified atom stereocenters. The Morgan fingerprint density at radius 3 is 2.55 bits per heavy atom. The van der Waals surface area contributed by atoms with Crippen LogP contribution >= 0.6 is 0 Å². The third-order valence-electron chi connectivity index (χ3n) is 6.60. The van der Waals surface area contributed by atoms with Crippen LogP contribution in [-0.4, -0.2) is 59.4 Å². The van der Waals surface area contributed by atoms with Crippen molar-refractivity contribution in [2.75, 3.05) is 23.7 Å². The number of rotatable bonds is 6. The van der Waals surface area contributed by atoms with E-state index >= 15 is 0 Å². The minimum atomic E-state index is 0.439. The number of imidazole rings is 1. The summed E-state index contributed by atoms with van der Waals surface area (Å²) in [6, 6.07) is 5.23. The van der Waals surface area contributed by atoms with Gasteiger partial charge in [0.25, 0.3) is 0 Å². The molecule has 0 bridgehead atoms. The number of aryl methyl sites for hydroxylation is 1. The first-order valence-corrected chi connectivity index (χ1v) is 11.6. The summed E-state index contributed by atoms with van der Waals surface area (Å²) in [5.74, 6) is 0.697. The summed E-state index contributed by atoms with van der Waals surface area (Å²) in [5, 5.41) is 6.89. The van der Waals surface area contributed by atoms with Crippen molar-refractivity contribution in [3.63, 3.8) is 0 Å². The summed E-state index contributed by atoms with van der Waals surface area (Å²) in [6.07, 6.45) is 15.6. The highest BCUT2D eigenvalue weighted by Crippen LogP contribution is 2.29. The number of fused-ring (bicyclic) bond motifs is 1. The van der Waals surface area contributed by atoms with E-state index in [4.69, 9.17) is 4.98 Å². The molecular formula is C24H27N9. The summed E-state index contributed by atoms with van der Waals surface area (Å²) in [5.41, 5.74) is 5.47. The van der Waals surface area contributed by atoms with Crippen LogP contribution in [0.25, 0.3) is 17.0 Å². The van der Waals surface area contributed by atoms with E-state index in [1.54, 1.807) is 12.4 Å². The van der Waals surface area contributed by atoms with Crippen molar-refractivity contribution < 1.29 is 0 Å². The van der Waals surface area contributed by atoms with Gasteiger partial charge >= 0.3 is 0 Å². The predicted molar refractivity (Wildman–Crippen MR) is 128 cm³/mol. The molecule has 4 aromatic heterocycles. The first-order valence-electron chi connectivity index (χ1n) is 11.6. The lowest BCUT2D eigenvalue weighted by Gasteiger charge is -2.29. The van der Waals surface area contributed by atoms with Gasteiger partial charge in [0.1, 0.15) is 12.0 Å². The molecule has 9 nitrogen and oxygen atoms in total. The second kappa shape index (κ2) is 8.40. The number of aromatic nitrogens is 6. The average molecular weight is 442 g/mol. The maximum atomic E-state index is 4.89. The Labute approximate surface area is 192 Å². The van der Waals surface area contributed by atoms with Gasteiger partial charge in [0, 0.05) is 49.3 Å². The van der Waals surface area contributed by atoms with Gasteiger partial charge in [-0.05, 0) is 44.2 Å². The van der Waals surface area contributed by atoms with E-state index in [-0.39, 0.29) is 0 Å². The highest BCUT2D eigenvalue weighted by atomic mass is 15.3. The average Bonchev–Trinajstić information content (AvgIpc) is 3.61. The molecule has 5 heterocycles.